The average Bonchev–Trinajstić information content (AvgIpc) is 2.24. The van der Waals surface area contributed by atoms with Crippen LogP contribution >= 0.6 is 0 Å². The third kappa shape index (κ3) is 1.33. The van der Waals surface area contributed by atoms with E-state index in [-0.39, 0.29) is 12.5 Å². The zero-order valence-electron chi connectivity index (χ0n) is 9.12. The number of fused-ring (bicyclic) bond motifs is 2. The number of piperidine rings is 2. The van der Waals surface area contributed by atoms with Crippen LogP contribution in [0.4, 0.5) is 0 Å². The average molecular weight is 228 g/mol. The lowest BCUT2D eigenvalue weighted by atomic mass is 9.61. The van der Waals surface area contributed by atoms with Crippen LogP contribution in [-0.4, -0.2) is 47.8 Å². The molecule has 90 valence electrons. The maximum Gasteiger partial charge on any atom is 0.312 e. The van der Waals surface area contributed by atoms with E-state index >= 15 is 0 Å². The maximum atomic E-state index is 11.4. The highest BCUT2D eigenvalue weighted by molar-refractivity contribution is 5.81. The van der Waals surface area contributed by atoms with Gasteiger partial charge in [-0.15, -0.1) is 0 Å². The summed E-state index contributed by atoms with van der Waals surface area (Å²) in [6.45, 7) is 2.78. The second kappa shape index (κ2) is 3.43. The SMILES string of the molecule is CC1NCC2(C(=O)O)CNCC1(C(=O)O)C2. The molecule has 2 heterocycles. The Balaban J connectivity index is 2.38. The molecule has 0 aromatic carbocycles. The van der Waals surface area contributed by atoms with Gasteiger partial charge in [-0.25, -0.2) is 0 Å². The van der Waals surface area contributed by atoms with E-state index in [0.717, 1.165) is 0 Å². The van der Waals surface area contributed by atoms with Crippen molar-refractivity contribution < 1.29 is 19.8 Å². The molecule has 0 amide bonds. The lowest BCUT2D eigenvalue weighted by Crippen LogP contribution is -2.70. The van der Waals surface area contributed by atoms with Crippen molar-refractivity contribution in [1.29, 1.82) is 0 Å². The van der Waals surface area contributed by atoms with Crippen molar-refractivity contribution in [3.8, 4) is 0 Å². The van der Waals surface area contributed by atoms with Crippen molar-refractivity contribution in [2.75, 3.05) is 19.6 Å². The largest absolute Gasteiger partial charge is 0.481 e. The second-order valence-corrected chi connectivity index (χ2v) is 4.93. The Kier molecular flexibility index (Phi) is 2.43. The molecule has 3 atom stereocenters. The summed E-state index contributed by atoms with van der Waals surface area (Å²) in [4.78, 5) is 22.7. The molecule has 2 fully saturated rings. The van der Waals surface area contributed by atoms with Crippen molar-refractivity contribution in [3.63, 3.8) is 0 Å². The van der Waals surface area contributed by atoms with Gasteiger partial charge in [-0.1, -0.05) is 0 Å². The van der Waals surface area contributed by atoms with E-state index in [4.69, 9.17) is 0 Å². The molecule has 0 saturated carbocycles. The first-order chi connectivity index (χ1) is 7.43. The highest BCUT2D eigenvalue weighted by Crippen LogP contribution is 2.43. The number of carbonyl (C=O) groups is 2. The van der Waals surface area contributed by atoms with Crippen molar-refractivity contribution in [2.45, 2.75) is 19.4 Å². The van der Waals surface area contributed by atoms with Gasteiger partial charge < -0.3 is 20.8 Å². The molecule has 3 unspecified atom stereocenters. The number of hydrogen-bond acceptors (Lipinski definition) is 4. The molecule has 4 N–H and O–H groups in total. The van der Waals surface area contributed by atoms with Crippen molar-refractivity contribution in [1.82, 2.24) is 10.6 Å². The first-order valence-corrected chi connectivity index (χ1v) is 5.34. The first-order valence-electron chi connectivity index (χ1n) is 5.34. The third-order valence-corrected chi connectivity index (χ3v) is 4.01. The van der Waals surface area contributed by atoms with E-state index in [1.54, 1.807) is 6.92 Å². The molecule has 2 rings (SSSR count). The maximum absolute atomic E-state index is 11.4. The van der Waals surface area contributed by atoms with Crippen LogP contribution in [0.5, 0.6) is 0 Å². The van der Waals surface area contributed by atoms with Crippen LogP contribution in [0.3, 0.4) is 0 Å². The van der Waals surface area contributed by atoms with Gasteiger partial charge in [0, 0.05) is 25.7 Å². The van der Waals surface area contributed by atoms with E-state index in [2.05, 4.69) is 10.6 Å². The van der Waals surface area contributed by atoms with Gasteiger partial charge in [0.15, 0.2) is 0 Å². The Morgan fingerprint density at radius 2 is 1.88 bits per heavy atom. The van der Waals surface area contributed by atoms with Crippen molar-refractivity contribution in [3.05, 3.63) is 0 Å². The molecule has 2 saturated heterocycles. The molecule has 6 nitrogen and oxygen atoms in total. The van der Waals surface area contributed by atoms with Gasteiger partial charge in [-0.2, -0.15) is 0 Å². The minimum atomic E-state index is -1.01. The van der Waals surface area contributed by atoms with Crippen LogP contribution in [0.25, 0.3) is 0 Å². The number of hydrogen-bond donors (Lipinski definition) is 4. The molecule has 0 aliphatic carbocycles. The molecule has 0 spiro atoms. The zero-order valence-corrected chi connectivity index (χ0v) is 9.12. The van der Waals surface area contributed by atoms with Gasteiger partial charge >= 0.3 is 11.9 Å². The number of carboxylic acids is 2. The van der Waals surface area contributed by atoms with Crippen LogP contribution in [-0.2, 0) is 9.59 Å². The van der Waals surface area contributed by atoms with Crippen molar-refractivity contribution >= 4 is 11.9 Å². The fourth-order valence-corrected chi connectivity index (χ4v) is 2.79. The van der Waals surface area contributed by atoms with Gasteiger partial charge in [0.1, 0.15) is 0 Å². The normalized spacial score (nSPS) is 42.7. The van der Waals surface area contributed by atoms with Gasteiger partial charge in [0.2, 0.25) is 0 Å². The summed E-state index contributed by atoms with van der Waals surface area (Å²) < 4.78 is 0. The second-order valence-electron chi connectivity index (χ2n) is 4.93. The molecular weight excluding hydrogens is 212 g/mol. The molecular formula is C10H16N2O4. The number of carboxylic acid groups (broad SMARTS) is 2. The van der Waals surface area contributed by atoms with Gasteiger partial charge in [-0.3, -0.25) is 9.59 Å². The molecule has 2 aliphatic heterocycles. The third-order valence-electron chi connectivity index (χ3n) is 4.01. The van der Waals surface area contributed by atoms with Crippen LogP contribution < -0.4 is 10.6 Å². The Morgan fingerprint density at radius 3 is 2.44 bits per heavy atom. The lowest BCUT2D eigenvalue weighted by molar-refractivity contribution is -0.167. The summed E-state index contributed by atoms with van der Waals surface area (Å²) in [6, 6.07) is -0.217. The fourth-order valence-electron chi connectivity index (χ4n) is 2.79. The predicted octanol–water partition coefficient (Wildman–Crippen LogP) is -0.887. The Labute approximate surface area is 93.0 Å². The summed E-state index contributed by atoms with van der Waals surface area (Å²) >= 11 is 0. The summed E-state index contributed by atoms with van der Waals surface area (Å²) in [5.41, 5.74) is -1.99. The highest BCUT2D eigenvalue weighted by Gasteiger charge is 2.58. The van der Waals surface area contributed by atoms with Crippen LogP contribution in [0, 0.1) is 10.8 Å². The van der Waals surface area contributed by atoms with Gasteiger partial charge in [0.05, 0.1) is 10.8 Å². The van der Waals surface area contributed by atoms with Gasteiger partial charge in [0.25, 0.3) is 0 Å². The molecule has 6 heteroatoms. The van der Waals surface area contributed by atoms with Gasteiger partial charge in [-0.05, 0) is 13.3 Å². The lowest BCUT2D eigenvalue weighted by Gasteiger charge is -2.51. The summed E-state index contributed by atoms with van der Waals surface area (Å²) in [5.74, 6) is -1.85. The van der Waals surface area contributed by atoms with Crippen LogP contribution in [0.1, 0.15) is 13.3 Å². The standard InChI is InChI=1S/C10H16N2O4/c1-6-10(8(15)16)2-9(4-12-6,7(13)14)3-11-5-10/h6,11-12H,2-5H2,1H3,(H,13,14)(H,15,16). The van der Waals surface area contributed by atoms with Crippen LogP contribution in [0.15, 0.2) is 0 Å². The highest BCUT2D eigenvalue weighted by atomic mass is 16.4. The minimum absolute atomic E-state index is 0.200. The Bertz CT molecular complexity index is 346. The summed E-state index contributed by atoms with van der Waals surface area (Å²) in [6.07, 6.45) is 0.200. The minimum Gasteiger partial charge on any atom is -0.481 e. The van der Waals surface area contributed by atoms with E-state index in [1.807, 2.05) is 0 Å². The fraction of sp³-hybridized carbons (Fsp3) is 0.800. The van der Waals surface area contributed by atoms with E-state index in [0.29, 0.717) is 19.6 Å². The number of rotatable bonds is 2. The molecule has 16 heavy (non-hydrogen) atoms. The Hall–Kier alpha value is -1.14. The monoisotopic (exact) mass is 228 g/mol. The quantitative estimate of drug-likeness (QED) is 0.489. The smallest absolute Gasteiger partial charge is 0.312 e. The van der Waals surface area contributed by atoms with E-state index in [9.17, 15) is 19.8 Å². The van der Waals surface area contributed by atoms with Crippen LogP contribution in [0.2, 0.25) is 0 Å². The summed E-state index contributed by atoms with van der Waals surface area (Å²) in [7, 11) is 0. The molecule has 2 aliphatic rings. The number of nitrogens with one attached hydrogen (secondary N) is 2. The topological polar surface area (TPSA) is 98.7 Å². The van der Waals surface area contributed by atoms with E-state index < -0.39 is 22.8 Å². The zero-order chi connectivity index (χ0) is 12.0. The molecule has 2 bridgehead atoms. The summed E-state index contributed by atoms with van der Waals surface area (Å²) in [5, 5.41) is 24.6. The molecule has 0 aromatic rings. The molecule has 0 aromatic heterocycles. The van der Waals surface area contributed by atoms with Crippen molar-refractivity contribution in [2.24, 2.45) is 10.8 Å². The Morgan fingerprint density at radius 1 is 1.19 bits per heavy atom. The predicted molar refractivity (Wildman–Crippen MR) is 55.1 cm³/mol. The van der Waals surface area contributed by atoms with E-state index in [1.165, 1.54) is 0 Å². The molecule has 0 radical (unpaired) electrons. The number of aliphatic carboxylic acids is 2. The first kappa shape index (κ1) is 11.3.